The van der Waals surface area contributed by atoms with Crippen LogP contribution in [0.3, 0.4) is 0 Å². The number of pyridine rings is 1. The molecule has 0 aliphatic heterocycles. The molecule has 0 atom stereocenters. The molecule has 5 aromatic carbocycles. The first kappa shape index (κ1) is 24.4. The van der Waals surface area contributed by atoms with Gasteiger partial charge in [0.05, 0.1) is 0 Å². The van der Waals surface area contributed by atoms with Gasteiger partial charge < -0.3 is 0 Å². The van der Waals surface area contributed by atoms with Gasteiger partial charge in [0.2, 0.25) is 0 Å². The maximum atomic E-state index is 4.64. The number of aromatic nitrogens is 1. The second-order valence-electron chi connectivity index (χ2n) is 10.9. The molecule has 1 aromatic heterocycles. The largest absolute Gasteiger partial charge is 0.264 e. The Morgan fingerprint density at radius 3 is 2.15 bits per heavy atom. The van der Waals surface area contributed by atoms with Crippen LogP contribution in [-0.2, 0) is 0 Å². The van der Waals surface area contributed by atoms with Crippen LogP contribution in [0.15, 0.2) is 125 Å². The molecular formula is C39H29NS. The lowest BCUT2D eigenvalue weighted by Crippen LogP contribution is -2.31. The van der Waals surface area contributed by atoms with Gasteiger partial charge in [-0.1, -0.05) is 103 Å². The highest BCUT2D eigenvalue weighted by atomic mass is 32.2. The zero-order valence-electron chi connectivity index (χ0n) is 22.8. The van der Waals surface area contributed by atoms with Crippen LogP contribution in [0.25, 0.3) is 61.2 Å². The molecule has 0 radical (unpaired) electrons. The first-order valence-electron chi connectivity index (χ1n) is 14.5. The van der Waals surface area contributed by atoms with Crippen molar-refractivity contribution in [1.82, 2.24) is 4.98 Å². The van der Waals surface area contributed by atoms with Crippen LogP contribution in [0.5, 0.6) is 0 Å². The molecule has 0 unspecified atom stereocenters. The summed E-state index contributed by atoms with van der Waals surface area (Å²) in [5, 5.41) is 10.3. The minimum Gasteiger partial charge on any atom is -0.264 e. The van der Waals surface area contributed by atoms with Crippen molar-refractivity contribution in [3.63, 3.8) is 0 Å². The zero-order chi connectivity index (χ0) is 27.2. The van der Waals surface area contributed by atoms with Gasteiger partial charge in [0, 0.05) is 27.6 Å². The molecule has 0 spiro atoms. The van der Waals surface area contributed by atoms with E-state index in [0.29, 0.717) is 0 Å². The van der Waals surface area contributed by atoms with E-state index in [4.69, 9.17) is 0 Å². The third-order valence-corrected chi connectivity index (χ3v) is 9.61. The molecule has 0 saturated carbocycles. The molecule has 196 valence electrons. The van der Waals surface area contributed by atoms with Crippen molar-refractivity contribution < 1.29 is 0 Å². The van der Waals surface area contributed by atoms with Crippen molar-refractivity contribution in [3.05, 3.63) is 132 Å². The Balaban J connectivity index is 1.39. The minimum absolute atomic E-state index is 1.06. The van der Waals surface area contributed by atoms with Gasteiger partial charge in [0.25, 0.3) is 0 Å². The normalized spacial score (nSPS) is 14.5. The average molecular weight is 544 g/mol. The molecule has 0 amide bonds. The summed E-state index contributed by atoms with van der Waals surface area (Å²) in [4.78, 5) is 7.27. The SMILES string of the molecule is C1=CC(c2cc3ccccc3cc2Sc2c3c(c(-c4ccc5ccccc5c4)c4cnccc24)=CCCC=3)=CCC1. The summed E-state index contributed by atoms with van der Waals surface area (Å²) in [6.45, 7) is 0. The van der Waals surface area contributed by atoms with Gasteiger partial charge in [0.15, 0.2) is 0 Å². The summed E-state index contributed by atoms with van der Waals surface area (Å²) in [6, 6.07) is 31.2. The van der Waals surface area contributed by atoms with Gasteiger partial charge in [-0.05, 0) is 110 Å². The molecule has 2 aliphatic carbocycles. The quantitative estimate of drug-likeness (QED) is 0.220. The summed E-state index contributed by atoms with van der Waals surface area (Å²) >= 11 is 1.92. The highest BCUT2D eigenvalue weighted by molar-refractivity contribution is 7.99. The molecule has 6 aromatic rings. The number of benzene rings is 5. The maximum Gasteiger partial charge on any atom is 0.0353 e. The van der Waals surface area contributed by atoms with Crippen LogP contribution in [-0.4, -0.2) is 4.98 Å². The first-order valence-corrected chi connectivity index (χ1v) is 15.3. The van der Waals surface area contributed by atoms with Crippen LogP contribution in [0.1, 0.15) is 31.2 Å². The van der Waals surface area contributed by atoms with Crippen LogP contribution >= 0.6 is 11.8 Å². The average Bonchev–Trinajstić information content (AvgIpc) is 3.04. The summed E-state index contributed by atoms with van der Waals surface area (Å²) in [6.07, 6.45) is 20.3. The fourth-order valence-corrected chi connectivity index (χ4v) is 7.71. The zero-order valence-corrected chi connectivity index (χ0v) is 23.6. The summed E-state index contributed by atoms with van der Waals surface area (Å²) in [5.74, 6) is 0. The van der Waals surface area contributed by atoms with Crippen LogP contribution < -0.4 is 10.4 Å². The van der Waals surface area contributed by atoms with Gasteiger partial charge in [-0.2, -0.15) is 0 Å². The van der Waals surface area contributed by atoms with E-state index in [-0.39, 0.29) is 0 Å². The highest BCUT2D eigenvalue weighted by Gasteiger charge is 2.18. The number of rotatable bonds is 4. The van der Waals surface area contributed by atoms with Gasteiger partial charge in [-0.25, -0.2) is 0 Å². The van der Waals surface area contributed by atoms with E-state index in [1.54, 1.807) is 0 Å². The Kier molecular flexibility index (Phi) is 6.08. The van der Waals surface area contributed by atoms with Crippen LogP contribution in [0.2, 0.25) is 0 Å². The van der Waals surface area contributed by atoms with Crippen LogP contribution in [0.4, 0.5) is 0 Å². The molecule has 0 N–H and O–H groups in total. The molecule has 0 bridgehead atoms. The Hall–Kier alpha value is -4.40. The summed E-state index contributed by atoms with van der Waals surface area (Å²) in [5.41, 5.74) is 5.20. The third-order valence-electron chi connectivity index (χ3n) is 8.41. The van der Waals surface area contributed by atoms with E-state index in [2.05, 4.69) is 126 Å². The van der Waals surface area contributed by atoms with Crippen molar-refractivity contribution in [2.75, 3.05) is 0 Å². The summed E-state index contributed by atoms with van der Waals surface area (Å²) < 4.78 is 0. The standard InChI is InChI=1S/C39H29NS/c1-2-11-27(12-3-1)35-23-29-14-6-7-15-30(29)24-37(35)41-39-33-17-9-8-16-32(33)38(36-25-40-21-20-34(36)39)31-19-18-26-10-4-5-13-28(26)22-31/h2,4-7,10-25H,1,3,8-9H2. The number of hydrogen-bond donors (Lipinski definition) is 0. The first-order chi connectivity index (χ1) is 20.3. The van der Waals surface area contributed by atoms with E-state index in [1.807, 2.05) is 18.0 Å². The molecule has 2 heteroatoms. The lowest BCUT2D eigenvalue weighted by atomic mass is 9.92. The van der Waals surface area contributed by atoms with E-state index >= 15 is 0 Å². The van der Waals surface area contributed by atoms with E-state index in [0.717, 1.165) is 25.7 Å². The maximum absolute atomic E-state index is 4.64. The Morgan fingerprint density at radius 1 is 0.610 bits per heavy atom. The van der Waals surface area contributed by atoms with E-state index in [1.165, 1.54) is 74.8 Å². The molecule has 0 saturated heterocycles. The van der Waals surface area contributed by atoms with Crippen molar-refractivity contribution >= 4 is 61.8 Å². The van der Waals surface area contributed by atoms with Crippen molar-refractivity contribution in [2.24, 2.45) is 0 Å². The third kappa shape index (κ3) is 4.31. The Bertz CT molecular complexity index is 2180. The molecule has 0 fully saturated rings. The molecule has 2 aliphatic rings. The predicted octanol–water partition coefficient (Wildman–Crippen LogP) is 9.45. The van der Waals surface area contributed by atoms with Crippen LogP contribution in [0, 0.1) is 0 Å². The predicted molar refractivity (Wildman–Crippen MR) is 177 cm³/mol. The van der Waals surface area contributed by atoms with E-state index in [9.17, 15) is 0 Å². The lowest BCUT2D eigenvalue weighted by Gasteiger charge is -2.19. The van der Waals surface area contributed by atoms with Gasteiger partial charge in [-0.3, -0.25) is 4.98 Å². The monoisotopic (exact) mass is 543 g/mol. The van der Waals surface area contributed by atoms with Crippen molar-refractivity contribution in [2.45, 2.75) is 35.5 Å². The second-order valence-corrected chi connectivity index (χ2v) is 12.0. The lowest BCUT2D eigenvalue weighted by molar-refractivity contribution is 1.04. The van der Waals surface area contributed by atoms with Crippen molar-refractivity contribution in [1.29, 1.82) is 0 Å². The Morgan fingerprint density at radius 2 is 1.34 bits per heavy atom. The van der Waals surface area contributed by atoms with E-state index < -0.39 is 0 Å². The van der Waals surface area contributed by atoms with Gasteiger partial charge >= 0.3 is 0 Å². The molecule has 8 rings (SSSR count). The molecule has 1 nitrogen and oxygen atoms in total. The number of hydrogen-bond acceptors (Lipinski definition) is 2. The fraction of sp³-hybridized carbons (Fsp3) is 0.103. The highest BCUT2D eigenvalue weighted by Crippen LogP contribution is 2.40. The van der Waals surface area contributed by atoms with Gasteiger partial charge in [0.1, 0.15) is 0 Å². The number of allylic oxidation sites excluding steroid dienone is 4. The molecule has 1 heterocycles. The summed E-state index contributed by atoms with van der Waals surface area (Å²) in [7, 11) is 0. The second kappa shape index (κ2) is 10.2. The molecular weight excluding hydrogens is 515 g/mol. The fourth-order valence-electron chi connectivity index (χ4n) is 6.43. The smallest absolute Gasteiger partial charge is 0.0353 e. The van der Waals surface area contributed by atoms with Gasteiger partial charge in [-0.15, -0.1) is 0 Å². The number of fused-ring (bicyclic) bond motifs is 4. The number of nitrogens with zero attached hydrogens (tertiary/aromatic N) is 1. The topological polar surface area (TPSA) is 12.9 Å². The Labute approximate surface area is 244 Å². The molecule has 41 heavy (non-hydrogen) atoms. The van der Waals surface area contributed by atoms with Crippen molar-refractivity contribution in [3.8, 4) is 11.1 Å². The minimum atomic E-state index is 1.06.